The zero-order valence-corrected chi connectivity index (χ0v) is 22.7. The van der Waals surface area contributed by atoms with Crippen LogP contribution in [0, 0.1) is 6.92 Å². The Balaban J connectivity index is 1.46. The number of para-hydroxylation sites is 3. The molecule has 0 bridgehead atoms. The van der Waals surface area contributed by atoms with Crippen molar-refractivity contribution in [3.63, 3.8) is 0 Å². The molecule has 4 heterocycles. The van der Waals surface area contributed by atoms with Gasteiger partial charge in [-0.15, -0.1) is 11.3 Å². The first-order valence-corrected chi connectivity index (χ1v) is 13.7. The van der Waals surface area contributed by atoms with Crippen LogP contribution in [0.25, 0.3) is 5.69 Å². The molecule has 2 aromatic heterocycles. The van der Waals surface area contributed by atoms with Crippen LogP contribution in [0.5, 0.6) is 5.75 Å². The molecule has 39 heavy (non-hydrogen) atoms. The molecule has 7 rings (SSSR count). The molecule has 1 atom stereocenters. The first-order chi connectivity index (χ1) is 19.1. The van der Waals surface area contributed by atoms with Gasteiger partial charge in [-0.3, -0.25) is 0 Å². The number of hydrogen-bond donors (Lipinski definition) is 1. The van der Waals surface area contributed by atoms with Crippen molar-refractivity contribution >= 4 is 57.5 Å². The Morgan fingerprint density at radius 1 is 0.949 bits per heavy atom. The van der Waals surface area contributed by atoms with Crippen LogP contribution < -0.4 is 15.0 Å². The fourth-order valence-corrected chi connectivity index (χ4v) is 6.23. The summed E-state index contributed by atoms with van der Waals surface area (Å²) in [6.45, 7) is 2.06. The lowest BCUT2D eigenvalue weighted by molar-refractivity contribution is 0.415. The predicted octanol–water partition coefficient (Wildman–Crippen LogP) is 7.70. The van der Waals surface area contributed by atoms with Gasteiger partial charge < -0.3 is 15.0 Å². The highest BCUT2D eigenvalue weighted by Crippen LogP contribution is 2.49. The van der Waals surface area contributed by atoms with Gasteiger partial charge >= 0.3 is 0 Å². The molecule has 0 saturated carbocycles. The van der Waals surface area contributed by atoms with E-state index in [0.29, 0.717) is 22.4 Å². The Bertz CT molecular complexity index is 1760. The summed E-state index contributed by atoms with van der Waals surface area (Å²) in [6.07, 6.45) is 0. The lowest BCUT2D eigenvalue weighted by Gasteiger charge is -2.40. The van der Waals surface area contributed by atoms with Crippen molar-refractivity contribution in [3.05, 3.63) is 111 Å². The van der Waals surface area contributed by atoms with E-state index in [2.05, 4.69) is 40.7 Å². The van der Waals surface area contributed by atoms with E-state index < -0.39 is 0 Å². The molecular formula is C30H23ClN6OS. The number of nitrogens with zero attached hydrogens (tertiary/aromatic N) is 5. The van der Waals surface area contributed by atoms with Crippen molar-refractivity contribution in [3.8, 4) is 11.4 Å². The summed E-state index contributed by atoms with van der Waals surface area (Å²) in [4.78, 5) is 13.8. The lowest BCUT2D eigenvalue weighted by Crippen LogP contribution is -2.46. The smallest absolute Gasteiger partial charge is 0.179 e. The second-order valence-electron chi connectivity index (χ2n) is 9.22. The van der Waals surface area contributed by atoms with Crippen LogP contribution in [0.1, 0.15) is 22.2 Å². The number of halogens is 1. The minimum absolute atomic E-state index is 0.127. The lowest BCUT2D eigenvalue weighted by atomic mass is 9.98. The van der Waals surface area contributed by atoms with E-state index in [1.54, 1.807) is 18.4 Å². The summed E-state index contributed by atoms with van der Waals surface area (Å²) in [5, 5.41) is 11.1. The minimum Gasteiger partial charge on any atom is -0.495 e. The summed E-state index contributed by atoms with van der Waals surface area (Å²) in [5.74, 6) is 2.74. The maximum atomic E-state index is 6.46. The number of benzene rings is 3. The predicted molar refractivity (Wildman–Crippen MR) is 159 cm³/mol. The largest absolute Gasteiger partial charge is 0.495 e. The van der Waals surface area contributed by atoms with E-state index in [1.165, 1.54) is 4.88 Å². The number of ether oxygens (including phenoxy) is 1. The topological polar surface area (TPSA) is 67.0 Å². The molecule has 1 unspecified atom stereocenters. The van der Waals surface area contributed by atoms with Crippen molar-refractivity contribution < 1.29 is 4.74 Å². The number of aryl methyl sites for hydroxylation is 1. The molecule has 192 valence electrons. The number of nitrogens with one attached hydrogen (secondary N) is 1. The zero-order valence-electron chi connectivity index (χ0n) is 21.2. The van der Waals surface area contributed by atoms with Crippen molar-refractivity contribution in [2.24, 2.45) is 9.98 Å². The molecule has 0 amide bonds. The molecule has 0 spiro atoms. The van der Waals surface area contributed by atoms with Crippen LogP contribution in [0.4, 0.5) is 22.9 Å². The number of aromatic nitrogens is 2. The van der Waals surface area contributed by atoms with Gasteiger partial charge in [-0.2, -0.15) is 5.10 Å². The molecule has 0 fully saturated rings. The van der Waals surface area contributed by atoms with Crippen molar-refractivity contribution in [2.75, 3.05) is 17.3 Å². The molecule has 9 heteroatoms. The van der Waals surface area contributed by atoms with E-state index in [9.17, 15) is 0 Å². The van der Waals surface area contributed by atoms with Gasteiger partial charge in [0.25, 0.3) is 0 Å². The first-order valence-electron chi connectivity index (χ1n) is 12.5. The van der Waals surface area contributed by atoms with Crippen LogP contribution in [-0.2, 0) is 0 Å². The third kappa shape index (κ3) is 3.91. The monoisotopic (exact) mass is 550 g/mol. The van der Waals surface area contributed by atoms with Crippen LogP contribution in [0.2, 0.25) is 5.02 Å². The van der Waals surface area contributed by atoms with E-state index in [4.69, 9.17) is 31.4 Å². The number of methoxy groups -OCH3 is 1. The molecule has 0 aliphatic carbocycles. The van der Waals surface area contributed by atoms with Crippen LogP contribution in [-0.4, -0.2) is 28.6 Å². The Morgan fingerprint density at radius 2 is 1.77 bits per heavy atom. The van der Waals surface area contributed by atoms with Gasteiger partial charge in [0.15, 0.2) is 17.5 Å². The standard InChI is InChI=1S/C30H23ClN6OS/c1-18-26-27(25-13-8-16-39-25)36-23-12-7-6-11-22(23)33-28(32-19-14-15-24(38-2)21(31)17-19)30(36)34-29(26)37(35-18)20-9-4-3-5-10-20/h3-17,27H,1-2H3,(H,32,33). The molecule has 2 aliphatic rings. The highest BCUT2D eigenvalue weighted by molar-refractivity contribution is 7.10. The molecule has 0 radical (unpaired) electrons. The summed E-state index contributed by atoms with van der Waals surface area (Å²) in [7, 11) is 1.60. The fraction of sp³-hybridized carbons (Fsp3) is 0.100. The molecular weight excluding hydrogens is 528 g/mol. The highest BCUT2D eigenvalue weighted by atomic mass is 35.5. The molecule has 0 saturated heterocycles. The number of hydrogen-bond acceptors (Lipinski definition) is 7. The average molecular weight is 551 g/mol. The quantitative estimate of drug-likeness (QED) is 0.249. The van der Waals surface area contributed by atoms with E-state index in [0.717, 1.165) is 39.8 Å². The summed E-state index contributed by atoms with van der Waals surface area (Å²) >= 11 is 8.18. The molecule has 1 N–H and O–H groups in total. The van der Waals surface area contributed by atoms with Gasteiger partial charge in [0.2, 0.25) is 0 Å². The van der Waals surface area contributed by atoms with Gasteiger partial charge in [-0.05, 0) is 60.8 Å². The van der Waals surface area contributed by atoms with Crippen molar-refractivity contribution in [1.82, 2.24) is 9.78 Å². The molecule has 7 nitrogen and oxygen atoms in total. The third-order valence-electron chi connectivity index (χ3n) is 6.87. The number of fused-ring (bicyclic) bond motifs is 4. The maximum Gasteiger partial charge on any atom is 0.179 e. The van der Waals surface area contributed by atoms with Crippen LogP contribution >= 0.6 is 22.9 Å². The molecule has 2 aliphatic heterocycles. The van der Waals surface area contributed by atoms with E-state index in [-0.39, 0.29) is 6.04 Å². The summed E-state index contributed by atoms with van der Waals surface area (Å²) in [6, 6.07) is 28.0. The first kappa shape index (κ1) is 23.7. The average Bonchev–Trinajstić information content (AvgIpc) is 3.61. The number of rotatable bonds is 4. The third-order valence-corrected chi connectivity index (χ3v) is 8.09. The Labute approximate surface area is 234 Å². The normalized spacial score (nSPS) is 15.6. The summed E-state index contributed by atoms with van der Waals surface area (Å²) < 4.78 is 7.27. The Morgan fingerprint density at radius 3 is 2.54 bits per heavy atom. The van der Waals surface area contributed by atoms with Crippen LogP contribution in [0.3, 0.4) is 0 Å². The van der Waals surface area contributed by atoms with E-state index in [1.807, 2.05) is 71.4 Å². The maximum absolute atomic E-state index is 6.46. The van der Waals surface area contributed by atoms with Crippen molar-refractivity contribution in [1.29, 1.82) is 0 Å². The number of aliphatic imine (C=N–C) groups is 2. The highest BCUT2D eigenvalue weighted by Gasteiger charge is 2.41. The summed E-state index contributed by atoms with van der Waals surface area (Å²) in [5.41, 5.74) is 5.60. The van der Waals surface area contributed by atoms with Crippen LogP contribution in [0.15, 0.2) is 100 Å². The number of amidine groups is 2. The van der Waals surface area contributed by atoms with Gasteiger partial charge in [0.05, 0.1) is 34.9 Å². The zero-order chi connectivity index (χ0) is 26.5. The van der Waals surface area contributed by atoms with Gasteiger partial charge in [-0.1, -0.05) is 48.0 Å². The van der Waals surface area contributed by atoms with Gasteiger partial charge in [0.1, 0.15) is 11.8 Å². The fourth-order valence-electron chi connectivity index (χ4n) is 5.14. The van der Waals surface area contributed by atoms with Gasteiger partial charge in [0, 0.05) is 16.1 Å². The Hall–Kier alpha value is -4.40. The van der Waals surface area contributed by atoms with E-state index >= 15 is 0 Å². The molecule has 5 aromatic rings. The van der Waals surface area contributed by atoms with Gasteiger partial charge in [-0.25, -0.2) is 14.7 Å². The Kier molecular flexibility index (Phi) is 5.72. The van der Waals surface area contributed by atoms with Crippen molar-refractivity contribution in [2.45, 2.75) is 13.0 Å². The second-order valence-corrected chi connectivity index (χ2v) is 10.6. The molecule has 3 aromatic carbocycles. The number of anilines is 2. The number of thiophene rings is 1. The minimum atomic E-state index is -0.127. The second kappa shape index (κ2) is 9.41. The SMILES string of the molecule is COc1ccc(NC2=Nc3ccccc3N3C2=Nc2c(c(C)nn2-c2ccccc2)C3c2cccs2)cc1Cl.